The summed E-state index contributed by atoms with van der Waals surface area (Å²) in [7, 11) is 1.44. The number of aliphatic hydroxyl groups excluding tert-OH is 1. The zero-order chi connectivity index (χ0) is 26.9. The minimum Gasteiger partial charge on any atom is -0.481 e. The lowest BCUT2D eigenvalue weighted by Crippen LogP contribution is -2.65. The molecule has 3 unspecified atom stereocenters. The topological polar surface area (TPSA) is 83.8 Å². The van der Waals surface area contributed by atoms with Gasteiger partial charge in [0.05, 0.1) is 18.9 Å². The van der Waals surface area contributed by atoms with Crippen LogP contribution in [0.25, 0.3) is 0 Å². The normalized spacial score (nSPS) is 46.3. The molecule has 0 radical (unpaired) electrons. The van der Waals surface area contributed by atoms with Crippen LogP contribution in [0.15, 0.2) is 12.2 Å². The Balaban J connectivity index is 1.79. The maximum atomic E-state index is 12.9. The van der Waals surface area contributed by atoms with Crippen molar-refractivity contribution >= 4 is 11.9 Å². The SMILES string of the molecule is C=C(C)[C@@H]1CC[C@]2(CO)CC[C@]3(C)C(CC[C@@H]4[C@@](C)(CC(=O)O)C(C(C)(C)C(=O)OC)CC[C@]43C)C12. The van der Waals surface area contributed by atoms with Gasteiger partial charge in [-0.15, -0.1) is 0 Å². The summed E-state index contributed by atoms with van der Waals surface area (Å²) in [4.78, 5) is 25.2. The van der Waals surface area contributed by atoms with Crippen LogP contribution < -0.4 is 0 Å². The maximum absolute atomic E-state index is 12.9. The molecule has 36 heavy (non-hydrogen) atoms. The van der Waals surface area contributed by atoms with Crippen LogP contribution in [0.4, 0.5) is 0 Å². The quantitative estimate of drug-likeness (QED) is 0.320. The summed E-state index contributed by atoms with van der Waals surface area (Å²) < 4.78 is 5.22. The van der Waals surface area contributed by atoms with Crippen molar-refractivity contribution in [2.75, 3.05) is 13.7 Å². The van der Waals surface area contributed by atoms with Crippen molar-refractivity contribution < 1.29 is 24.5 Å². The van der Waals surface area contributed by atoms with Gasteiger partial charge in [-0.1, -0.05) is 32.9 Å². The van der Waals surface area contributed by atoms with Gasteiger partial charge in [0.15, 0.2) is 0 Å². The second kappa shape index (κ2) is 8.85. The van der Waals surface area contributed by atoms with E-state index in [0.717, 1.165) is 51.4 Å². The van der Waals surface area contributed by atoms with Crippen LogP contribution in [0.2, 0.25) is 0 Å². The van der Waals surface area contributed by atoms with Gasteiger partial charge in [-0.05, 0) is 123 Å². The summed E-state index contributed by atoms with van der Waals surface area (Å²) in [5.41, 5.74) is 0.0633. The highest BCUT2D eigenvalue weighted by Crippen LogP contribution is 2.76. The highest BCUT2D eigenvalue weighted by molar-refractivity contribution is 5.76. The summed E-state index contributed by atoms with van der Waals surface area (Å²) in [6, 6.07) is 0. The number of rotatable bonds is 6. The van der Waals surface area contributed by atoms with Gasteiger partial charge in [0.1, 0.15) is 0 Å². The van der Waals surface area contributed by atoms with Crippen molar-refractivity contribution in [3.63, 3.8) is 0 Å². The highest BCUT2D eigenvalue weighted by atomic mass is 16.5. The molecule has 0 amide bonds. The van der Waals surface area contributed by atoms with Gasteiger partial charge in [-0.3, -0.25) is 9.59 Å². The van der Waals surface area contributed by atoms with E-state index >= 15 is 0 Å². The smallest absolute Gasteiger partial charge is 0.311 e. The third-order valence-corrected chi connectivity index (χ3v) is 12.9. The van der Waals surface area contributed by atoms with Crippen LogP contribution in [0.5, 0.6) is 0 Å². The van der Waals surface area contributed by atoms with Crippen LogP contribution in [0, 0.1) is 56.7 Å². The number of fused-ring (bicyclic) bond motifs is 5. The summed E-state index contributed by atoms with van der Waals surface area (Å²) in [5, 5.41) is 20.8. The molecule has 4 rings (SSSR count). The number of carboxylic acids is 1. The van der Waals surface area contributed by atoms with Crippen molar-refractivity contribution in [3.8, 4) is 0 Å². The largest absolute Gasteiger partial charge is 0.481 e. The third kappa shape index (κ3) is 3.57. The number of allylic oxidation sites excluding steroid dienone is 1. The summed E-state index contributed by atoms with van der Waals surface area (Å²) in [5.74, 6) is 0.559. The van der Waals surface area contributed by atoms with Crippen molar-refractivity contribution in [2.45, 2.75) is 99.3 Å². The molecule has 0 heterocycles. The predicted molar refractivity (Wildman–Crippen MR) is 141 cm³/mol. The Bertz CT molecular complexity index is 924. The Morgan fingerprint density at radius 2 is 1.67 bits per heavy atom. The van der Waals surface area contributed by atoms with Gasteiger partial charge in [-0.25, -0.2) is 0 Å². The van der Waals surface area contributed by atoms with Crippen molar-refractivity contribution in [2.24, 2.45) is 56.7 Å². The molecule has 4 fully saturated rings. The molecule has 2 N–H and O–H groups in total. The molecule has 0 aromatic heterocycles. The van der Waals surface area contributed by atoms with Crippen molar-refractivity contribution in [3.05, 3.63) is 12.2 Å². The number of aliphatic hydroxyl groups is 1. The lowest BCUT2D eigenvalue weighted by atomic mass is 9.33. The first-order valence-corrected chi connectivity index (χ1v) is 14.2. The fraction of sp³-hybridized carbons (Fsp3) is 0.871. The fourth-order valence-corrected chi connectivity index (χ4v) is 11.1. The zero-order valence-electron chi connectivity index (χ0n) is 23.8. The number of hydrogen-bond donors (Lipinski definition) is 2. The average Bonchev–Trinajstić information content (AvgIpc) is 3.19. The molecule has 4 saturated carbocycles. The predicted octanol–water partition coefficient (Wildman–Crippen LogP) is 6.49. The molecule has 0 saturated heterocycles. The Labute approximate surface area is 218 Å². The van der Waals surface area contributed by atoms with E-state index in [0.29, 0.717) is 17.8 Å². The van der Waals surface area contributed by atoms with Gasteiger partial charge in [0.2, 0.25) is 0 Å². The van der Waals surface area contributed by atoms with Gasteiger partial charge in [-0.2, -0.15) is 0 Å². The number of carbonyl (C=O) groups excluding carboxylic acids is 1. The molecule has 0 spiro atoms. The molecular weight excluding hydrogens is 452 g/mol. The first-order chi connectivity index (χ1) is 16.6. The maximum Gasteiger partial charge on any atom is 0.311 e. The van der Waals surface area contributed by atoms with Gasteiger partial charge in [0.25, 0.3) is 0 Å². The second-order valence-corrected chi connectivity index (χ2v) is 14.5. The minimum absolute atomic E-state index is 0.00539. The van der Waals surface area contributed by atoms with E-state index in [9.17, 15) is 19.8 Å². The van der Waals surface area contributed by atoms with Crippen LogP contribution in [0.3, 0.4) is 0 Å². The fourth-order valence-electron chi connectivity index (χ4n) is 11.1. The highest BCUT2D eigenvalue weighted by Gasteiger charge is 2.70. The van der Waals surface area contributed by atoms with E-state index in [1.165, 1.54) is 12.7 Å². The summed E-state index contributed by atoms with van der Waals surface area (Å²) >= 11 is 0. The Kier molecular flexibility index (Phi) is 6.80. The lowest BCUT2D eigenvalue weighted by Gasteiger charge is -2.71. The molecular formula is C31H50O5. The number of carboxylic acid groups (broad SMARTS) is 1. The number of aliphatic carboxylic acids is 1. The van der Waals surface area contributed by atoms with E-state index in [1.807, 2.05) is 13.8 Å². The number of esters is 1. The first-order valence-electron chi connectivity index (χ1n) is 14.2. The van der Waals surface area contributed by atoms with Crippen LogP contribution in [-0.4, -0.2) is 35.9 Å². The molecule has 5 heteroatoms. The Morgan fingerprint density at radius 1 is 1.00 bits per heavy atom. The average molecular weight is 503 g/mol. The van der Waals surface area contributed by atoms with Crippen LogP contribution >= 0.6 is 0 Å². The lowest BCUT2D eigenvalue weighted by molar-refractivity contribution is -0.234. The molecule has 0 aliphatic heterocycles. The standard InChI is InChI=1S/C31H50O5/c1-19(2)20-11-14-31(18-32)16-15-29(6)21(25(20)31)9-10-23-28(5,17-24(33)34)22(12-13-30(23,29)7)27(3,4)26(35)36-8/h20-23,25,32H,1,9-18H2,2-8H3,(H,33,34)/t20-,21?,22?,23+,25?,28-,29+,30+,31+/m0/s1. The molecule has 5 nitrogen and oxygen atoms in total. The van der Waals surface area contributed by atoms with Gasteiger partial charge in [0, 0.05) is 6.61 Å². The van der Waals surface area contributed by atoms with E-state index < -0.39 is 16.8 Å². The minimum atomic E-state index is -0.777. The molecule has 4 aliphatic carbocycles. The van der Waals surface area contributed by atoms with E-state index in [4.69, 9.17) is 4.74 Å². The summed E-state index contributed by atoms with van der Waals surface area (Å²) in [6.07, 6.45) is 8.30. The third-order valence-electron chi connectivity index (χ3n) is 12.9. The Hall–Kier alpha value is -1.36. The molecule has 9 atom stereocenters. The zero-order valence-corrected chi connectivity index (χ0v) is 23.8. The van der Waals surface area contributed by atoms with Gasteiger partial charge >= 0.3 is 11.9 Å². The monoisotopic (exact) mass is 502 g/mol. The number of methoxy groups -OCH3 is 1. The molecule has 204 valence electrons. The number of hydrogen-bond acceptors (Lipinski definition) is 4. The van der Waals surface area contributed by atoms with Crippen LogP contribution in [-0.2, 0) is 14.3 Å². The van der Waals surface area contributed by atoms with Crippen molar-refractivity contribution in [1.82, 2.24) is 0 Å². The first kappa shape index (κ1) is 27.7. The van der Waals surface area contributed by atoms with Crippen LogP contribution in [0.1, 0.15) is 99.3 Å². The number of carbonyl (C=O) groups is 2. The number of ether oxygens (including phenoxy) is 1. The van der Waals surface area contributed by atoms with E-state index in [2.05, 4.69) is 34.3 Å². The molecule has 0 aromatic rings. The van der Waals surface area contributed by atoms with E-state index in [1.54, 1.807) is 0 Å². The molecule has 0 aromatic carbocycles. The molecule has 0 bridgehead atoms. The summed E-state index contributed by atoms with van der Waals surface area (Å²) in [6.45, 7) is 17.8. The second-order valence-electron chi connectivity index (χ2n) is 14.5. The van der Waals surface area contributed by atoms with Gasteiger partial charge < -0.3 is 14.9 Å². The molecule has 4 aliphatic rings. The van der Waals surface area contributed by atoms with E-state index in [-0.39, 0.29) is 47.1 Å². The van der Waals surface area contributed by atoms with Crippen molar-refractivity contribution in [1.29, 1.82) is 0 Å². The Morgan fingerprint density at radius 3 is 2.22 bits per heavy atom.